The quantitative estimate of drug-likeness (QED) is 0.485. The van der Waals surface area contributed by atoms with E-state index in [9.17, 15) is 18.0 Å². The van der Waals surface area contributed by atoms with Crippen molar-refractivity contribution in [3.63, 3.8) is 0 Å². The lowest BCUT2D eigenvalue weighted by Crippen LogP contribution is -2.35. The minimum Gasteiger partial charge on any atom is -0.365 e. The number of amides is 2. The molecule has 182 valence electrons. The zero-order valence-corrected chi connectivity index (χ0v) is 21.0. The minimum atomic E-state index is -3.76. The number of primary amides is 1. The first-order valence-corrected chi connectivity index (χ1v) is 13.2. The summed E-state index contributed by atoms with van der Waals surface area (Å²) in [5, 5.41) is 3.23. The number of hydrogen-bond acceptors (Lipinski definition) is 6. The number of nitrogens with two attached hydrogens (primary N) is 1. The van der Waals surface area contributed by atoms with Gasteiger partial charge in [-0.05, 0) is 50.1 Å². The Hall–Kier alpha value is -2.79. The van der Waals surface area contributed by atoms with Gasteiger partial charge in [0, 0.05) is 42.7 Å². The van der Waals surface area contributed by atoms with Gasteiger partial charge in [-0.2, -0.15) is 4.31 Å². The first-order valence-electron chi connectivity index (χ1n) is 10.9. The van der Waals surface area contributed by atoms with Crippen LogP contribution in [0.25, 0.3) is 0 Å². The maximum absolute atomic E-state index is 12.9. The Morgan fingerprint density at radius 3 is 2.35 bits per heavy atom. The van der Waals surface area contributed by atoms with E-state index in [0.717, 1.165) is 17.0 Å². The van der Waals surface area contributed by atoms with Crippen molar-refractivity contribution in [3.8, 4) is 0 Å². The van der Waals surface area contributed by atoms with E-state index in [1.165, 1.54) is 52.1 Å². The number of benzene rings is 1. The molecule has 10 heteroatoms. The van der Waals surface area contributed by atoms with E-state index in [-0.39, 0.29) is 23.5 Å². The van der Waals surface area contributed by atoms with E-state index < -0.39 is 21.8 Å². The number of carbonyl (C=O) groups is 2. The molecule has 2 amide bonds. The van der Waals surface area contributed by atoms with Crippen molar-refractivity contribution in [3.05, 3.63) is 71.1 Å². The molecule has 0 fully saturated rings. The third-order valence-electron chi connectivity index (χ3n) is 5.71. The maximum atomic E-state index is 12.9. The summed E-state index contributed by atoms with van der Waals surface area (Å²) in [6, 6.07) is 6.03. The highest BCUT2D eigenvalue weighted by Crippen LogP contribution is 2.37. The normalized spacial score (nSPS) is 14.1. The van der Waals surface area contributed by atoms with Crippen LogP contribution in [-0.4, -0.2) is 55.1 Å². The predicted molar refractivity (Wildman–Crippen MR) is 136 cm³/mol. The van der Waals surface area contributed by atoms with Gasteiger partial charge in [0.25, 0.3) is 11.8 Å². The molecule has 0 unspecified atom stereocenters. The summed E-state index contributed by atoms with van der Waals surface area (Å²) in [7, 11) is -3.76. The molecule has 2 heterocycles. The van der Waals surface area contributed by atoms with Gasteiger partial charge in [-0.25, -0.2) is 8.42 Å². The van der Waals surface area contributed by atoms with E-state index in [1.807, 2.05) is 0 Å². The largest absolute Gasteiger partial charge is 0.365 e. The molecule has 0 saturated heterocycles. The Bertz CT molecular complexity index is 1190. The number of fused-ring (bicyclic) bond motifs is 1. The Kier molecular flexibility index (Phi) is 8.09. The second kappa shape index (κ2) is 10.6. The van der Waals surface area contributed by atoms with Gasteiger partial charge in [0.1, 0.15) is 5.00 Å². The standard InChI is InChI=1S/C24H30N4O4S2/c1-5-12-28(13-6-2)34(31,32)18-9-7-17(8-10-18)23(30)26-24-21(22(25)29)19-11-14-27(16(3)4)15-20(19)33-24/h5-10,16H,1-2,11-15H2,3-4H3,(H2,25,29)(H,26,30). The van der Waals surface area contributed by atoms with Crippen LogP contribution < -0.4 is 11.1 Å². The number of nitrogens with zero attached hydrogens (tertiary/aromatic N) is 2. The van der Waals surface area contributed by atoms with Crippen molar-refractivity contribution in [2.24, 2.45) is 5.73 Å². The van der Waals surface area contributed by atoms with Crippen molar-refractivity contribution in [2.45, 2.75) is 37.8 Å². The molecule has 1 aliphatic heterocycles. The van der Waals surface area contributed by atoms with Crippen molar-refractivity contribution >= 4 is 38.2 Å². The summed E-state index contributed by atoms with van der Waals surface area (Å²) in [6.07, 6.45) is 3.69. The lowest BCUT2D eigenvalue weighted by molar-refractivity contribution is 0.0999. The molecule has 0 saturated carbocycles. The third kappa shape index (κ3) is 5.30. The van der Waals surface area contributed by atoms with Crippen LogP contribution in [0.5, 0.6) is 0 Å². The molecule has 1 aromatic heterocycles. The Morgan fingerprint density at radius 1 is 1.21 bits per heavy atom. The second-order valence-electron chi connectivity index (χ2n) is 8.26. The number of hydrogen-bond donors (Lipinski definition) is 2. The highest BCUT2D eigenvalue weighted by molar-refractivity contribution is 7.89. The molecule has 0 radical (unpaired) electrons. The van der Waals surface area contributed by atoms with E-state index in [0.29, 0.717) is 29.6 Å². The van der Waals surface area contributed by atoms with Gasteiger partial charge >= 0.3 is 0 Å². The molecule has 0 bridgehead atoms. The molecule has 34 heavy (non-hydrogen) atoms. The van der Waals surface area contributed by atoms with Crippen molar-refractivity contribution in [2.75, 3.05) is 25.0 Å². The fourth-order valence-electron chi connectivity index (χ4n) is 3.87. The van der Waals surface area contributed by atoms with Crippen LogP contribution in [0.15, 0.2) is 54.5 Å². The van der Waals surface area contributed by atoms with E-state index in [1.54, 1.807) is 0 Å². The maximum Gasteiger partial charge on any atom is 0.256 e. The van der Waals surface area contributed by atoms with Gasteiger partial charge in [-0.3, -0.25) is 14.5 Å². The van der Waals surface area contributed by atoms with Crippen LogP contribution >= 0.6 is 11.3 Å². The minimum absolute atomic E-state index is 0.0611. The molecule has 3 rings (SSSR count). The van der Waals surface area contributed by atoms with Crippen molar-refractivity contribution in [1.82, 2.24) is 9.21 Å². The van der Waals surface area contributed by atoms with Gasteiger partial charge < -0.3 is 11.1 Å². The van der Waals surface area contributed by atoms with Crippen LogP contribution in [-0.2, 0) is 23.0 Å². The molecular weight excluding hydrogens is 472 g/mol. The van der Waals surface area contributed by atoms with Gasteiger partial charge in [0.05, 0.1) is 10.5 Å². The Labute approximate surface area is 204 Å². The Morgan fingerprint density at radius 2 is 1.82 bits per heavy atom. The van der Waals surface area contributed by atoms with Crippen LogP contribution in [0.1, 0.15) is 45.0 Å². The fraction of sp³-hybridized carbons (Fsp3) is 0.333. The number of anilines is 1. The van der Waals surface area contributed by atoms with Crippen LogP contribution in [0.4, 0.5) is 5.00 Å². The zero-order chi connectivity index (χ0) is 25.0. The van der Waals surface area contributed by atoms with Gasteiger partial charge in [-0.15, -0.1) is 24.5 Å². The number of sulfonamides is 1. The van der Waals surface area contributed by atoms with Gasteiger partial charge in [0.2, 0.25) is 10.0 Å². The molecule has 2 aromatic rings. The summed E-state index contributed by atoms with van der Waals surface area (Å²) in [5.74, 6) is -1.02. The first-order chi connectivity index (χ1) is 16.1. The number of carbonyl (C=O) groups excluding carboxylic acids is 2. The Balaban J connectivity index is 1.83. The molecule has 1 aliphatic rings. The second-order valence-corrected chi connectivity index (χ2v) is 11.3. The lowest BCUT2D eigenvalue weighted by Gasteiger charge is -2.30. The smallest absolute Gasteiger partial charge is 0.256 e. The molecular formula is C24H30N4O4S2. The zero-order valence-electron chi connectivity index (χ0n) is 19.4. The molecule has 1 aromatic carbocycles. The third-order valence-corrected chi connectivity index (χ3v) is 8.69. The van der Waals surface area contributed by atoms with E-state index in [2.05, 4.69) is 37.2 Å². The number of thiophene rings is 1. The summed E-state index contributed by atoms with van der Waals surface area (Å²) in [5.41, 5.74) is 7.18. The fourth-order valence-corrected chi connectivity index (χ4v) is 6.53. The summed E-state index contributed by atoms with van der Waals surface area (Å²) in [4.78, 5) is 28.5. The van der Waals surface area contributed by atoms with Crippen LogP contribution in [0.2, 0.25) is 0 Å². The predicted octanol–water partition coefficient (Wildman–Crippen LogP) is 3.23. The monoisotopic (exact) mass is 502 g/mol. The van der Waals surface area contributed by atoms with Gasteiger partial charge in [0.15, 0.2) is 0 Å². The molecule has 8 nitrogen and oxygen atoms in total. The highest BCUT2D eigenvalue weighted by atomic mass is 32.2. The molecule has 3 N–H and O–H groups in total. The molecule has 0 aliphatic carbocycles. The van der Waals surface area contributed by atoms with E-state index in [4.69, 9.17) is 5.73 Å². The van der Waals surface area contributed by atoms with Crippen LogP contribution in [0.3, 0.4) is 0 Å². The highest BCUT2D eigenvalue weighted by Gasteiger charge is 2.29. The van der Waals surface area contributed by atoms with Crippen molar-refractivity contribution in [1.29, 1.82) is 0 Å². The van der Waals surface area contributed by atoms with Crippen molar-refractivity contribution < 1.29 is 18.0 Å². The van der Waals surface area contributed by atoms with Gasteiger partial charge in [-0.1, -0.05) is 12.2 Å². The molecule has 0 atom stereocenters. The number of nitrogens with one attached hydrogen (secondary N) is 1. The average molecular weight is 503 g/mol. The first kappa shape index (κ1) is 25.8. The van der Waals surface area contributed by atoms with E-state index >= 15 is 0 Å². The summed E-state index contributed by atoms with van der Waals surface area (Å²) in [6.45, 7) is 13.2. The number of rotatable bonds is 10. The summed E-state index contributed by atoms with van der Waals surface area (Å²) >= 11 is 1.36. The average Bonchev–Trinajstić information content (AvgIpc) is 3.16. The summed E-state index contributed by atoms with van der Waals surface area (Å²) < 4.78 is 27.0. The molecule has 0 spiro atoms. The lowest BCUT2D eigenvalue weighted by atomic mass is 10.0. The SMILES string of the molecule is C=CCN(CC=C)S(=O)(=O)c1ccc(C(=O)Nc2sc3c(c2C(N)=O)CCN(C(C)C)C3)cc1. The van der Waals surface area contributed by atoms with Crippen LogP contribution in [0, 0.1) is 0 Å². The topological polar surface area (TPSA) is 113 Å².